The quantitative estimate of drug-likeness (QED) is 0.450. The number of benzene rings is 1. The first-order chi connectivity index (χ1) is 14.2. The number of halogens is 1. The zero-order valence-corrected chi connectivity index (χ0v) is 16.0. The van der Waals surface area contributed by atoms with Crippen molar-refractivity contribution < 1.29 is 9.13 Å². The summed E-state index contributed by atoms with van der Waals surface area (Å²) in [4.78, 5) is 12.9. The van der Waals surface area contributed by atoms with E-state index in [0.717, 1.165) is 22.3 Å². The molecule has 29 heavy (non-hydrogen) atoms. The lowest BCUT2D eigenvalue weighted by molar-refractivity contribution is 0.326. The second-order valence-electron chi connectivity index (χ2n) is 6.60. The van der Waals surface area contributed by atoms with E-state index in [4.69, 9.17) is 4.74 Å². The monoisotopic (exact) mass is 385 g/mol. The molecule has 4 rings (SSSR count). The molecule has 0 amide bonds. The third-order valence-electron chi connectivity index (χ3n) is 4.54. The zero-order chi connectivity index (χ0) is 20.1. The van der Waals surface area contributed by atoms with Gasteiger partial charge in [0.2, 0.25) is 5.88 Å². The maximum Gasteiger partial charge on any atom is 0.213 e. The number of aromatic nitrogens is 3. The highest BCUT2D eigenvalue weighted by atomic mass is 19.1. The van der Waals surface area contributed by atoms with Crippen LogP contribution in [0.5, 0.6) is 5.88 Å². The molecule has 0 fully saturated rings. The van der Waals surface area contributed by atoms with E-state index in [2.05, 4.69) is 21.0 Å². The molecule has 144 valence electrons. The van der Waals surface area contributed by atoms with Crippen molar-refractivity contribution in [3.8, 4) is 28.3 Å². The third-order valence-corrected chi connectivity index (χ3v) is 4.54. The van der Waals surface area contributed by atoms with E-state index in [9.17, 15) is 4.39 Å². The molecule has 0 radical (unpaired) electrons. The van der Waals surface area contributed by atoms with E-state index in [1.165, 1.54) is 6.07 Å². The predicted octanol–water partition coefficient (Wildman–Crippen LogP) is 5.33. The number of hydrogen-bond donors (Lipinski definition) is 0. The Morgan fingerprint density at radius 1 is 0.862 bits per heavy atom. The maximum atomic E-state index is 14.1. The molecule has 0 aliphatic carbocycles. The average Bonchev–Trinajstić information content (AvgIpc) is 2.75. The normalized spacial score (nSPS) is 10.7. The zero-order valence-electron chi connectivity index (χ0n) is 16.0. The first-order valence-corrected chi connectivity index (χ1v) is 9.46. The summed E-state index contributed by atoms with van der Waals surface area (Å²) < 4.78 is 19.6. The lowest BCUT2D eigenvalue weighted by Crippen LogP contribution is -1.96. The summed E-state index contributed by atoms with van der Waals surface area (Å²) in [5.41, 5.74) is 5.16. The van der Waals surface area contributed by atoms with Gasteiger partial charge in [-0.25, -0.2) is 9.37 Å². The summed E-state index contributed by atoms with van der Waals surface area (Å²) in [5.74, 6) is 0.338. The second-order valence-corrected chi connectivity index (χ2v) is 6.60. The van der Waals surface area contributed by atoms with Gasteiger partial charge in [0, 0.05) is 42.0 Å². The highest BCUT2D eigenvalue weighted by molar-refractivity contribution is 5.70. The Labute approximate surface area is 169 Å². The van der Waals surface area contributed by atoms with Crippen molar-refractivity contribution >= 4 is 0 Å². The van der Waals surface area contributed by atoms with Crippen LogP contribution in [0.25, 0.3) is 22.4 Å². The Bertz CT molecular complexity index is 1130. The Morgan fingerprint density at radius 3 is 2.59 bits per heavy atom. The molecule has 0 aliphatic heterocycles. The van der Waals surface area contributed by atoms with Crippen molar-refractivity contribution in [3.63, 3.8) is 0 Å². The fourth-order valence-electron chi connectivity index (χ4n) is 3.19. The van der Waals surface area contributed by atoms with Crippen molar-refractivity contribution in [3.05, 3.63) is 96.3 Å². The molecule has 0 aliphatic rings. The minimum Gasteiger partial charge on any atom is -0.478 e. The van der Waals surface area contributed by atoms with Crippen LogP contribution in [-0.2, 0) is 6.42 Å². The number of rotatable bonds is 6. The lowest BCUT2D eigenvalue weighted by Gasteiger charge is -2.08. The van der Waals surface area contributed by atoms with Gasteiger partial charge in [-0.15, -0.1) is 0 Å². The number of hydrogen-bond acceptors (Lipinski definition) is 4. The van der Waals surface area contributed by atoms with Crippen molar-refractivity contribution in [2.45, 2.75) is 13.3 Å². The van der Waals surface area contributed by atoms with E-state index in [1.54, 1.807) is 30.6 Å². The summed E-state index contributed by atoms with van der Waals surface area (Å²) in [5, 5.41) is 0. The molecule has 4 nitrogen and oxygen atoms in total. The molecule has 0 atom stereocenters. The fraction of sp³-hybridized carbons (Fsp3) is 0.125. The molecule has 0 bridgehead atoms. The van der Waals surface area contributed by atoms with Gasteiger partial charge in [0.15, 0.2) is 0 Å². The van der Waals surface area contributed by atoms with E-state index < -0.39 is 0 Å². The van der Waals surface area contributed by atoms with Crippen LogP contribution in [0.3, 0.4) is 0 Å². The Morgan fingerprint density at radius 2 is 1.72 bits per heavy atom. The van der Waals surface area contributed by atoms with Gasteiger partial charge < -0.3 is 4.74 Å². The van der Waals surface area contributed by atoms with Gasteiger partial charge >= 0.3 is 0 Å². The van der Waals surface area contributed by atoms with Gasteiger partial charge in [-0.2, -0.15) is 0 Å². The molecule has 0 spiro atoms. The summed E-state index contributed by atoms with van der Waals surface area (Å²) in [6.45, 7) is 2.52. The van der Waals surface area contributed by atoms with Gasteiger partial charge in [-0.3, -0.25) is 9.97 Å². The SMILES string of the molecule is CCOc1cc(Cc2cncc(-c3ccnc(-c4ccccc4F)c3)c2)ccn1. The number of pyridine rings is 3. The summed E-state index contributed by atoms with van der Waals surface area (Å²) in [6, 6.07) is 16.5. The summed E-state index contributed by atoms with van der Waals surface area (Å²) in [6.07, 6.45) is 7.82. The second kappa shape index (κ2) is 8.61. The molecule has 1 aromatic carbocycles. The van der Waals surface area contributed by atoms with Gasteiger partial charge in [-0.1, -0.05) is 12.1 Å². The van der Waals surface area contributed by atoms with E-state index in [1.807, 2.05) is 43.6 Å². The smallest absolute Gasteiger partial charge is 0.213 e. The molecule has 0 saturated heterocycles. The predicted molar refractivity (Wildman–Crippen MR) is 111 cm³/mol. The molecular weight excluding hydrogens is 365 g/mol. The van der Waals surface area contributed by atoms with E-state index >= 15 is 0 Å². The number of ether oxygens (including phenoxy) is 1. The van der Waals surface area contributed by atoms with Crippen LogP contribution in [0.2, 0.25) is 0 Å². The Hall–Kier alpha value is -3.60. The fourth-order valence-corrected chi connectivity index (χ4v) is 3.19. The first kappa shape index (κ1) is 18.7. The molecular formula is C24H20FN3O. The van der Waals surface area contributed by atoms with Crippen LogP contribution in [0.4, 0.5) is 4.39 Å². The van der Waals surface area contributed by atoms with Crippen molar-refractivity contribution in [1.82, 2.24) is 15.0 Å². The van der Waals surface area contributed by atoms with Crippen LogP contribution in [0.15, 0.2) is 79.4 Å². The molecule has 3 heterocycles. The topological polar surface area (TPSA) is 47.9 Å². The minimum atomic E-state index is -0.285. The standard InChI is InChI=1S/C24H20FN3O/c1-2-29-24-13-17(7-9-28-24)11-18-12-20(16-26-15-18)19-8-10-27-23(14-19)21-5-3-4-6-22(21)25/h3-10,12-16H,2,11H2,1H3. The van der Waals surface area contributed by atoms with Crippen LogP contribution >= 0.6 is 0 Å². The highest BCUT2D eigenvalue weighted by Crippen LogP contribution is 2.26. The van der Waals surface area contributed by atoms with Crippen molar-refractivity contribution in [2.75, 3.05) is 6.61 Å². The summed E-state index contributed by atoms with van der Waals surface area (Å²) >= 11 is 0. The Balaban J connectivity index is 1.62. The first-order valence-electron chi connectivity index (χ1n) is 9.46. The van der Waals surface area contributed by atoms with Crippen LogP contribution < -0.4 is 4.74 Å². The Kier molecular flexibility index (Phi) is 5.56. The molecule has 5 heteroatoms. The molecule has 0 N–H and O–H groups in total. The van der Waals surface area contributed by atoms with Crippen LogP contribution in [0.1, 0.15) is 18.1 Å². The highest BCUT2D eigenvalue weighted by Gasteiger charge is 2.08. The maximum absolute atomic E-state index is 14.1. The van der Waals surface area contributed by atoms with Crippen LogP contribution in [-0.4, -0.2) is 21.6 Å². The van der Waals surface area contributed by atoms with Gasteiger partial charge in [0.25, 0.3) is 0 Å². The number of nitrogens with zero attached hydrogens (tertiary/aromatic N) is 3. The lowest BCUT2D eigenvalue weighted by atomic mass is 10.0. The molecule has 0 unspecified atom stereocenters. The van der Waals surface area contributed by atoms with Crippen LogP contribution in [0, 0.1) is 5.82 Å². The van der Waals surface area contributed by atoms with Gasteiger partial charge in [-0.05, 0) is 66.4 Å². The molecule has 3 aromatic heterocycles. The van der Waals surface area contributed by atoms with Gasteiger partial charge in [0.1, 0.15) is 5.82 Å². The van der Waals surface area contributed by atoms with E-state index in [-0.39, 0.29) is 5.82 Å². The third kappa shape index (κ3) is 4.46. The average molecular weight is 385 g/mol. The minimum absolute atomic E-state index is 0.285. The molecule has 4 aromatic rings. The largest absolute Gasteiger partial charge is 0.478 e. The summed E-state index contributed by atoms with van der Waals surface area (Å²) in [7, 11) is 0. The van der Waals surface area contributed by atoms with Crippen molar-refractivity contribution in [1.29, 1.82) is 0 Å². The van der Waals surface area contributed by atoms with Crippen molar-refractivity contribution in [2.24, 2.45) is 0 Å². The van der Waals surface area contributed by atoms with Gasteiger partial charge in [0.05, 0.1) is 12.3 Å². The molecule has 0 saturated carbocycles. The van der Waals surface area contributed by atoms with E-state index in [0.29, 0.717) is 30.2 Å².